The molecule has 0 aromatic heterocycles. The van der Waals surface area contributed by atoms with Crippen molar-refractivity contribution in [2.75, 3.05) is 44.7 Å². The summed E-state index contributed by atoms with van der Waals surface area (Å²) in [5.41, 5.74) is 2.39. The van der Waals surface area contributed by atoms with Gasteiger partial charge in [-0.3, -0.25) is 29.4 Å². The molecule has 2 aliphatic rings. The summed E-state index contributed by atoms with van der Waals surface area (Å²) in [7, 11) is 1.48. The Bertz CT molecular complexity index is 1580. The molecular formula is C30H27BrN4O7S. The molecule has 0 bridgehead atoms. The molecule has 0 N–H and O–H groups in total. The minimum absolute atomic E-state index is 0.0117. The third kappa shape index (κ3) is 7.00. The number of anilines is 1. The number of nitro groups is 1. The Morgan fingerprint density at radius 3 is 2.40 bits per heavy atom. The first kappa shape index (κ1) is 30.1. The molecule has 43 heavy (non-hydrogen) atoms. The molecule has 0 unspecified atom stereocenters. The molecule has 3 amide bonds. The quantitative estimate of drug-likeness (QED) is 0.169. The lowest BCUT2D eigenvalue weighted by Gasteiger charge is -2.36. The second kappa shape index (κ2) is 13.3. The molecule has 2 fully saturated rings. The summed E-state index contributed by atoms with van der Waals surface area (Å²) in [5.74, 6) is -0.00860. The van der Waals surface area contributed by atoms with Gasteiger partial charge < -0.3 is 19.3 Å². The molecule has 11 nitrogen and oxygen atoms in total. The standard InChI is InChI=1S/C30H27BrN4O7S/c1-41-25-16-21(15-24(31)28(25)42-19-20-7-9-23(10-8-20)35(39)40)17-26-29(37)34(30(38)43-26)18-27(36)33-13-11-32(12-14-33)22-5-3-2-4-6-22/h2-10,15-17H,11-14,18-19H2,1H3/b26-17+. The van der Waals surface area contributed by atoms with Crippen LogP contribution in [0.1, 0.15) is 11.1 Å². The number of nitro benzene ring substituents is 1. The number of imide groups is 1. The number of methoxy groups -OCH3 is 1. The van der Waals surface area contributed by atoms with E-state index in [1.807, 2.05) is 30.3 Å². The van der Waals surface area contributed by atoms with E-state index in [0.717, 1.165) is 27.9 Å². The van der Waals surface area contributed by atoms with Crippen LogP contribution in [0.2, 0.25) is 0 Å². The number of carbonyl (C=O) groups is 3. The first-order valence-corrected chi connectivity index (χ1v) is 14.9. The molecule has 3 aromatic rings. The molecule has 2 heterocycles. The van der Waals surface area contributed by atoms with E-state index in [0.29, 0.717) is 47.7 Å². The number of piperazine rings is 1. The second-order valence-corrected chi connectivity index (χ2v) is 11.6. The van der Waals surface area contributed by atoms with Gasteiger partial charge in [0.05, 0.1) is 21.4 Å². The van der Waals surface area contributed by atoms with Crippen LogP contribution in [0.3, 0.4) is 0 Å². The van der Waals surface area contributed by atoms with E-state index in [9.17, 15) is 24.5 Å². The van der Waals surface area contributed by atoms with Gasteiger partial charge in [0.15, 0.2) is 11.5 Å². The number of hydrogen-bond acceptors (Lipinski definition) is 9. The number of para-hydroxylation sites is 1. The summed E-state index contributed by atoms with van der Waals surface area (Å²) in [6.07, 6.45) is 1.57. The van der Waals surface area contributed by atoms with E-state index in [-0.39, 0.29) is 29.7 Å². The summed E-state index contributed by atoms with van der Waals surface area (Å²) in [5, 5.41) is 10.4. The highest BCUT2D eigenvalue weighted by Gasteiger charge is 2.37. The first-order valence-electron chi connectivity index (χ1n) is 13.3. The number of amides is 3. The number of halogens is 1. The fourth-order valence-corrected chi connectivity index (χ4v) is 6.12. The Kier molecular flexibility index (Phi) is 9.31. The molecule has 0 radical (unpaired) electrons. The zero-order valence-electron chi connectivity index (χ0n) is 23.1. The van der Waals surface area contributed by atoms with E-state index in [1.54, 1.807) is 35.2 Å². The van der Waals surface area contributed by atoms with Gasteiger partial charge in [-0.15, -0.1) is 0 Å². The number of hydrogen-bond donors (Lipinski definition) is 0. The summed E-state index contributed by atoms with van der Waals surface area (Å²) in [6, 6.07) is 19.4. The predicted octanol–water partition coefficient (Wildman–Crippen LogP) is 5.33. The van der Waals surface area contributed by atoms with Gasteiger partial charge in [0, 0.05) is 44.0 Å². The highest BCUT2D eigenvalue weighted by Crippen LogP contribution is 2.39. The molecule has 0 spiro atoms. The molecule has 222 valence electrons. The normalized spacial score (nSPS) is 16.1. The molecule has 2 aliphatic heterocycles. The Morgan fingerprint density at radius 2 is 1.74 bits per heavy atom. The maximum Gasteiger partial charge on any atom is 0.294 e. The Morgan fingerprint density at radius 1 is 1.05 bits per heavy atom. The zero-order valence-corrected chi connectivity index (χ0v) is 25.5. The fourth-order valence-electron chi connectivity index (χ4n) is 4.71. The molecule has 3 aromatic carbocycles. The topological polar surface area (TPSA) is 123 Å². The van der Waals surface area contributed by atoms with Crippen LogP contribution < -0.4 is 14.4 Å². The predicted molar refractivity (Wildman–Crippen MR) is 166 cm³/mol. The second-order valence-electron chi connectivity index (χ2n) is 9.72. The van der Waals surface area contributed by atoms with E-state index < -0.39 is 16.1 Å². The molecule has 13 heteroatoms. The average Bonchev–Trinajstić information content (AvgIpc) is 3.28. The third-order valence-corrected chi connectivity index (χ3v) is 8.50. The largest absolute Gasteiger partial charge is 0.493 e. The van der Waals surface area contributed by atoms with Crippen molar-refractivity contribution < 1.29 is 28.8 Å². The number of non-ortho nitro benzene ring substituents is 1. The fraction of sp³-hybridized carbons (Fsp3) is 0.233. The van der Waals surface area contributed by atoms with Gasteiger partial charge in [-0.2, -0.15) is 0 Å². The van der Waals surface area contributed by atoms with Crippen LogP contribution in [-0.4, -0.2) is 71.6 Å². The molecular weight excluding hydrogens is 640 g/mol. The van der Waals surface area contributed by atoms with Crippen LogP contribution in [0.15, 0.2) is 76.1 Å². The Hall–Kier alpha value is -4.36. The smallest absolute Gasteiger partial charge is 0.294 e. The van der Waals surface area contributed by atoms with Crippen LogP contribution in [0.25, 0.3) is 6.08 Å². The third-order valence-electron chi connectivity index (χ3n) is 7.00. The lowest BCUT2D eigenvalue weighted by Crippen LogP contribution is -2.51. The van der Waals surface area contributed by atoms with Crippen LogP contribution in [0, 0.1) is 10.1 Å². The van der Waals surface area contributed by atoms with E-state index >= 15 is 0 Å². The maximum absolute atomic E-state index is 13.1. The summed E-state index contributed by atoms with van der Waals surface area (Å²) in [4.78, 5) is 54.3. The molecule has 5 rings (SSSR count). The van der Waals surface area contributed by atoms with Crippen LogP contribution in [0.4, 0.5) is 16.2 Å². The monoisotopic (exact) mass is 666 g/mol. The van der Waals surface area contributed by atoms with Gasteiger partial charge in [0.2, 0.25) is 5.91 Å². The van der Waals surface area contributed by atoms with Gasteiger partial charge in [-0.1, -0.05) is 18.2 Å². The van der Waals surface area contributed by atoms with Gasteiger partial charge in [-0.25, -0.2) is 0 Å². The van der Waals surface area contributed by atoms with E-state index in [4.69, 9.17) is 9.47 Å². The Balaban J connectivity index is 1.22. The number of nitrogens with zero attached hydrogens (tertiary/aromatic N) is 4. The highest BCUT2D eigenvalue weighted by atomic mass is 79.9. The van der Waals surface area contributed by atoms with Crippen molar-refractivity contribution in [2.24, 2.45) is 0 Å². The van der Waals surface area contributed by atoms with E-state index in [1.165, 1.54) is 19.2 Å². The van der Waals surface area contributed by atoms with Crippen molar-refractivity contribution >= 4 is 62.2 Å². The summed E-state index contributed by atoms with van der Waals surface area (Å²) >= 11 is 4.26. The number of ether oxygens (including phenoxy) is 2. The van der Waals surface area contributed by atoms with Crippen LogP contribution >= 0.6 is 27.7 Å². The number of rotatable bonds is 9. The minimum atomic E-state index is -0.528. The summed E-state index contributed by atoms with van der Waals surface area (Å²) in [6.45, 7) is 2.18. The van der Waals surface area contributed by atoms with Crippen molar-refractivity contribution in [3.63, 3.8) is 0 Å². The number of thioether (sulfide) groups is 1. The van der Waals surface area contributed by atoms with Crippen molar-refractivity contribution in [1.82, 2.24) is 9.80 Å². The average molecular weight is 668 g/mol. The van der Waals surface area contributed by atoms with E-state index in [2.05, 4.69) is 20.8 Å². The SMILES string of the molecule is COc1cc(/C=C2/SC(=O)N(CC(=O)N3CCN(c4ccccc4)CC3)C2=O)cc(Br)c1OCc1ccc([N+](=O)[O-])cc1. The van der Waals surface area contributed by atoms with Crippen molar-refractivity contribution in [3.05, 3.63) is 97.3 Å². The molecule has 2 saturated heterocycles. The van der Waals surface area contributed by atoms with Gasteiger partial charge in [-0.05, 0) is 81.3 Å². The Labute approximate surface area is 260 Å². The lowest BCUT2D eigenvalue weighted by atomic mass is 10.1. The highest BCUT2D eigenvalue weighted by molar-refractivity contribution is 9.10. The van der Waals surface area contributed by atoms with Gasteiger partial charge >= 0.3 is 0 Å². The zero-order chi connectivity index (χ0) is 30.5. The number of benzene rings is 3. The van der Waals surface area contributed by atoms with Crippen molar-refractivity contribution in [1.29, 1.82) is 0 Å². The first-order chi connectivity index (χ1) is 20.7. The van der Waals surface area contributed by atoms with Gasteiger partial charge in [0.25, 0.3) is 16.8 Å². The molecule has 0 saturated carbocycles. The van der Waals surface area contributed by atoms with Crippen LogP contribution in [0.5, 0.6) is 11.5 Å². The maximum atomic E-state index is 13.1. The van der Waals surface area contributed by atoms with Crippen LogP contribution in [-0.2, 0) is 16.2 Å². The lowest BCUT2D eigenvalue weighted by molar-refractivity contribution is -0.384. The van der Waals surface area contributed by atoms with Crippen molar-refractivity contribution in [3.8, 4) is 11.5 Å². The number of carbonyl (C=O) groups excluding carboxylic acids is 3. The molecule has 0 aliphatic carbocycles. The molecule has 0 atom stereocenters. The van der Waals surface area contributed by atoms with Crippen molar-refractivity contribution in [2.45, 2.75) is 6.61 Å². The minimum Gasteiger partial charge on any atom is -0.493 e. The van der Waals surface area contributed by atoms with Gasteiger partial charge in [0.1, 0.15) is 13.2 Å². The summed E-state index contributed by atoms with van der Waals surface area (Å²) < 4.78 is 12.0.